The van der Waals surface area contributed by atoms with Gasteiger partial charge in [-0.15, -0.1) is 0 Å². The number of nitro groups is 1. The van der Waals surface area contributed by atoms with Crippen LogP contribution in [0.2, 0.25) is 5.02 Å². The van der Waals surface area contributed by atoms with Gasteiger partial charge in [-0.1, -0.05) is 11.6 Å². The Labute approximate surface area is 124 Å². The Morgan fingerprint density at radius 3 is 2.76 bits per heavy atom. The SMILES string of the molecule is COc1cc([N+](=O)[O-])ccc1Oc1nccc(C#N)c1Cl. The number of nitro benzene ring substituents is 1. The number of halogens is 1. The zero-order valence-corrected chi connectivity index (χ0v) is 11.5. The van der Waals surface area contributed by atoms with Crippen molar-refractivity contribution < 1.29 is 14.4 Å². The normalized spacial score (nSPS) is 9.76. The first-order valence-electron chi connectivity index (χ1n) is 5.61. The smallest absolute Gasteiger partial charge is 0.273 e. The number of rotatable bonds is 4. The van der Waals surface area contributed by atoms with E-state index >= 15 is 0 Å². The number of hydrogen-bond acceptors (Lipinski definition) is 6. The van der Waals surface area contributed by atoms with Crippen molar-refractivity contribution >= 4 is 17.3 Å². The minimum absolute atomic E-state index is 0.0165. The summed E-state index contributed by atoms with van der Waals surface area (Å²) in [4.78, 5) is 14.1. The molecule has 1 heterocycles. The summed E-state index contributed by atoms with van der Waals surface area (Å²) in [5, 5.41) is 19.7. The number of nitrogens with zero attached hydrogens (tertiary/aromatic N) is 3. The van der Waals surface area contributed by atoms with Gasteiger partial charge in [-0.05, 0) is 12.1 Å². The average Bonchev–Trinajstić information content (AvgIpc) is 2.49. The van der Waals surface area contributed by atoms with Gasteiger partial charge in [0.05, 0.1) is 23.7 Å². The van der Waals surface area contributed by atoms with E-state index in [0.29, 0.717) is 0 Å². The zero-order valence-electron chi connectivity index (χ0n) is 10.7. The first-order chi connectivity index (χ1) is 10.1. The van der Waals surface area contributed by atoms with Gasteiger partial charge in [-0.25, -0.2) is 4.98 Å². The predicted octanol–water partition coefficient (Wildman–Crippen LogP) is 3.32. The summed E-state index contributed by atoms with van der Waals surface area (Å²) in [6.07, 6.45) is 1.37. The highest BCUT2D eigenvalue weighted by Gasteiger charge is 2.16. The number of pyridine rings is 1. The Kier molecular flexibility index (Phi) is 4.21. The van der Waals surface area contributed by atoms with Crippen LogP contribution in [0.1, 0.15) is 5.56 Å². The van der Waals surface area contributed by atoms with Crippen molar-refractivity contribution in [2.24, 2.45) is 0 Å². The Hall–Kier alpha value is -2.85. The van der Waals surface area contributed by atoms with Crippen molar-refractivity contribution in [3.05, 3.63) is 51.2 Å². The molecule has 0 saturated carbocycles. The van der Waals surface area contributed by atoms with Gasteiger partial charge in [0.2, 0.25) is 5.88 Å². The van der Waals surface area contributed by atoms with E-state index in [1.54, 1.807) is 0 Å². The van der Waals surface area contributed by atoms with E-state index in [1.807, 2.05) is 6.07 Å². The first-order valence-corrected chi connectivity index (χ1v) is 5.99. The second-order valence-electron chi connectivity index (χ2n) is 3.78. The minimum atomic E-state index is -0.548. The van der Waals surface area contributed by atoms with Crippen LogP contribution in [0.4, 0.5) is 5.69 Å². The molecule has 0 radical (unpaired) electrons. The predicted molar refractivity (Wildman–Crippen MR) is 73.7 cm³/mol. The molecule has 0 saturated heterocycles. The number of non-ortho nitro benzene ring substituents is 1. The topological polar surface area (TPSA) is 98.3 Å². The number of benzene rings is 1. The van der Waals surface area contributed by atoms with E-state index < -0.39 is 4.92 Å². The van der Waals surface area contributed by atoms with Gasteiger partial charge < -0.3 is 9.47 Å². The van der Waals surface area contributed by atoms with Gasteiger partial charge in [-0.2, -0.15) is 5.26 Å². The molecule has 7 nitrogen and oxygen atoms in total. The molecule has 0 amide bonds. The zero-order chi connectivity index (χ0) is 15.4. The molecule has 8 heteroatoms. The van der Waals surface area contributed by atoms with E-state index in [1.165, 1.54) is 37.6 Å². The largest absolute Gasteiger partial charge is 0.493 e. The van der Waals surface area contributed by atoms with Crippen LogP contribution in [0.5, 0.6) is 17.4 Å². The molecule has 0 aliphatic carbocycles. The summed E-state index contributed by atoms with van der Waals surface area (Å²) < 4.78 is 10.5. The summed E-state index contributed by atoms with van der Waals surface area (Å²) in [5.74, 6) is 0.375. The fourth-order valence-corrected chi connectivity index (χ4v) is 1.73. The molecule has 1 aromatic heterocycles. The third-order valence-corrected chi connectivity index (χ3v) is 2.91. The molecule has 0 N–H and O–H groups in total. The van der Waals surface area contributed by atoms with Gasteiger partial charge in [-0.3, -0.25) is 10.1 Å². The fourth-order valence-electron chi connectivity index (χ4n) is 1.54. The second kappa shape index (κ2) is 6.07. The third kappa shape index (κ3) is 3.01. The van der Waals surface area contributed by atoms with E-state index in [4.69, 9.17) is 26.3 Å². The monoisotopic (exact) mass is 305 g/mol. The van der Waals surface area contributed by atoms with Gasteiger partial charge in [0, 0.05) is 12.3 Å². The summed E-state index contributed by atoms with van der Waals surface area (Å²) in [7, 11) is 1.35. The Bertz CT molecular complexity index is 743. The van der Waals surface area contributed by atoms with Crippen LogP contribution >= 0.6 is 11.6 Å². The molecule has 0 fully saturated rings. The maximum atomic E-state index is 10.7. The molecule has 2 rings (SSSR count). The van der Waals surface area contributed by atoms with E-state index in [2.05, 4.69) is 4.98 Å². The Morgan fingerprint density at radius 1 is 1.38 bits per heavy atom. The fraction of sp³-hybridized carbons (Fsp3) is 0.0769. The summed E-state index contributed by atoms with van der Waals surface area (Å²) in [6, 6.07) is 7.20. The van der Waals surface area contributed by atoms with Gasteiger partial charge in [0.25, 0.3) is 5.69 Å². The first kappa shape index (κ1) is 14.6. The summed E-state index contributed by atoms with van der Waals surface area (Å²) in [5.41, 5.74) is 0.0755. The number of aromatic nitrogens is 1. The molecule has 0 bridgehead atoms. The van der Waals surface area contributed by atoms with E-state index in [0.717, 1.165) is 0 Å². The quantitative estimate of drug-likeness (QED) is 0.634. The molecule has 0 aliphatic heterocycles. The van der Waals surface area contributed by atoms with Crippen LogP contribution in [0.25, 0.3) is 0 Å². The lowest BCUT2D eigenvalue weighted by Crippen LogP contribution is -1.95. The highest BCUT2D eigenvalue weighted by molar-refractivity contribution is 6.33. The lowest BCUT2D eigenvalue weighted by molar-refractivity contribution is -0.384. The molecular formula is C13H8ClN3O4. The molecule has 1 aromatic carbocycles. The number of ether oxygens (including phenoxy) is 2. The molecule has 2 aromatic rings. The maximum Gasteiger partial charge on any atom is 0.273 e. The third-order valence-electron chi connectivity index (χ3n) is 2.54. The summed E-state index contributed by atoms with van der Waals surface area (Å²) in [6.45, 7) is 0. The standard InChI is InChI=1S/C13H8ClN3O4/c1-20-11-6-9(17(18)19)2-3-10(11)21-13-12(14)8(7-15)4-5-16-13/h2-6H,1H3. The van der Waals surface area contributed by atoms with Crippen LogP contribution in [0.3, 0.4) is 0 Å². The van der Waals surface area contributed by atoms with Gasteiger partial charge >= 0.3 is 0 Å². The molecule has 106 valence electrons. The van der Waals surface area contributed by atoms with Crippen molar-refractivity contribution in [3.8, 4) is 23.4 Å². The molecule has 0 aliphatic rings. The van der Waals surface area contributed by atoms with Crippen LogP contribution < -0.4 is 9.47 Å². The molecule has 21 heavy (non-hydrogen) atoms. The highest BCUT2D eigenvalue weighted by atomic mass is 35.5. The average molecular weight is 306 g/mol. The van der Waals surface area contributed by atoms with Gasteiger partial charge in [0.1, 0.15) is 11.1 Å². The minimum Gasteiger partial charge on any atom is -0.493 e. The van der Waals surface area contributed by atoms with Gasteiger partial charge in [0.15, 0.2) is 11.5 Å². The molecule has 0 unspecified atom stereocenters. The van der Waals surface area contributed by atoms with Crippen LogP contribution in [-0.4, -0.2) is 17.0 Å². The van der Waals surface area contributed by atoms with Crippen molar-refractivity contribution in [2.45, 2.75) is 0 Å². The summed E-state index contributed by atoms with van der Waals surface area (Å²) >= 11 is 5.98. The highest BCUT2D eigenvalue weighted by Crippen LogP contribution is 2.36. The Balaban J connectivity index is 2.40. The second-order valence-corrected chi connectivity index (χ2v) is 4.16. The Morgan fingerprint density at radius 2 is 2.14 bits per heavy atom. The molecule has 0 spiro atoms. The van der Waals surface area contributed by atoms with Crippen molar-refractivity contribution in [1.82, 2.24) is 4.98 Å². The molecule has 0 atom stereocenters. The van der Waals surface area contributed by atoms with Crippen LogP contribution in [0, 0.1) is 21.4 Å². The van der Waals surface area contributed by atoms with Crippen LogP contribution in [-0.2, 0) is 0 Å². The maximum absolute atomic E-state index is 10.7. The lowest BCUT2D eigenvalue weighted by atomic mass is 10.2. The molecular weight excluding hydrogens is 298 g/mol. The van der Waals surface area contributed by atoms with Crippen LogP contribution in [0.15, 0.2) is 30.5 Å². The lowest BCUT2D eigenvalue weighted by Gasteiger charge is -2.10. The number of methoxy groups -OCH3 is 1. The number of hydrogen-bond donors (Lipinski definition) is 0. The van der Waals surface area contributed by atoms with Crippen molar-refractivity contribution in [2.75, 3.05) is 7.11 Å². The van der Waals surface area contributed by atoms with Crippen molar-refractivity contribution in [3.63, 3.8) is 0 Å². The van der Waals surface area contributed by atoms with Crippen molar-refractivity contribution in [1.29, 1.82) is 5.26 Å². The van der Waals surface area contributed by atoms with E-state index in [-0.39, 0.29) is 33.7 Å². The van der Waals surface area contributed by atoms with E-state index in [9.17, 15) is 10.1 Å². The number of nitriles is 1.